The number of benzene rings is 1. The van der Waals surface area contributed by atoms with Crippen LogP contribution in [-0.4, -0.2) is 58.9 Å². The fourth-order valence-corrected chi connectivity index (χ4v) is 2.67. The lowest BCUT2D eigenvalue weighted by molar-refractivity contribution is 0.0658. The summed E-state index contributed by atoms with van der Waals surface area (Å²) in [7, 11) is 1.98. The van der Waals surface area contributed by atoms with Crippen molar-refractivity contribution in [1.82, 2.24) is 19.8 Å². The van der Waals surface area contributed by atoms with Crippen LogP contribution < -0.4 is 5.32 Å². The van der Waals surface area contributed by atoms with Crippen molar-refractivity contribution >= 4 is 17.4 Å². The van der Waals surface area contributed by atoms with E-state index in [2.05, 4.69) is 20.2 Å². The Kier molecular flexibility index (Phi) is 5.08. The van der Waals surface area contributed by atoms with Gasteiger partial charge in [0.05, 0.1) is 5.69 Å². The first-order chi connectivity index (χ1) is 12.3. The van der Waals surface area contributed by atoms with Crippen LogP contribution in [0.4, 0.5) is 24.7 Å². The van der Waals surface area contributed by atoms with Gasteiger partial charge in [0, 0.05) is 32.2 Å². The minimum Gasteiger partial charge on any atom is -0.338 e. The minimum atomic E-state index is -1.57. The molecule has 6 nitrogen and oxygen atoms in total. The van der Waals surface area contributed by atoms with Gasteiger partial charge in [0.25, 0.3) is 5.91 Å². The molecular formula is C17H18F3N5O. The fraction of sp³-hybridized carbons (Fsp3) is 0.353. The van der Waals surface area contributed by atoms with Gasteiger partial charge in [0.1, 0.15) is 17.3 Å². The number of nitrogens with one attached hydrogen (secondary N) is 1. The number of anilines is 2. The van der Waals surface area contributed by atoms with E-state index in [0.29, 0.717) is 18.9 Å². The molecule has 138 valence electrons. The van der Waals surface area contributed by atoms with E-state index in [0.717, 1.165) is 25.2 Å². The summed E-state index contributed by atoms with van der Waals surface area (Å²) in [6.45, 7) is 4.29. The third kappa shape index (κ3) is 3.77. The Morgan fingerprint density at radius 1 is 1.08 bits per heavy atom. The van der Waals surface area contributed by atoms with Crippen LogP contribution in [0, 0.1) is 24.4 Å². The lowest BCUT2D eigenvalue weighted by Gasteiger charge is -2.32. The number of rotatable bonds is 3. The van der Waals surface area contributed by atoms with Crippen LogP contribution in [-0.2, 0) is 0 Å². The standard InChI is InChI=1S/C17H18F3N5O/c1-10-21-13(17(26)25-7-5-24(2)6-8-25)9-14(22-10)23-12-4-3-11(18)15(19)16(12)20/h3-4,9H,5-8H2,1-2H3,(H,21,22,23). The number of carbonyl (C=O) groups excluding carboxylic acids is 1. The molecule has 3 rings (SSSR count). The predicted molar refractivity (Wildman–Crippen MR) is 89.8 cm³/mol. The van der Waals surface area contributed by atoms with Crippen molar-refractivity contribution in [3.05, 3.63) is 47.2 Å². The van der Waals surface area contributed by atoms with E-state index >= 15 is 0 Å². The number of hydrogen-bond donors (Lipinski definition) is 1. The first kappa shape index (κ1) is 18.1. The van der Waals surface area contributed by atoms with Gasteiger partial charge in [-0.3, -0.25) is 4.79 Å². The topological polar surface area (TPSA) is 61.4 Å². The Hall–Kier alpha value is -2.68. The Bertz CT molecular complexity index is 837. The molecule has 1 aliphatic heterocycles. The SMILES string of the molecule is Cc1nc(Nc2ccc(F)c(F)c2F)cc(C(=O)N2CCN(C)CC2)n1. The van der Waals surface area contributed by atoms with E-state index < -0.39 is 17.5 Å². The largest absolute Gasteiger partial charge is 0.338 e. The van der Waals surface area contributed by atoms with Crippen molar-refractivity contribution in [2.45, 2.75) is 6.92 Å². The van der Waals surface area contributed by atoms with Gasteiger partial charge < -0.3 is 15.1 Å². The summed E-state index contributed by atoms with van der Waals surface area (Å²) in [6, 6.07) is 3.24. The Morgan fingerprint density at radius 2 is 1.77 bits per heavy atom. The average Bonchev–Trinajstić information content (AvgIpc) is 2.62. The highest BCUT2D eigenvalue weighted by molar-refractivity contribution is 5.93. The second-order valence-electron chi connectivity index (χ2n) is 6.13. The summed E-state index contributed by atoms with van der Waals surface area (Å²) < 4.78 is 40.2. The third-order valence-electron chi connectivity index (χ3n) is 4.15. The smallest absolute Gasteiger partial charge is 0.272 e. The van der Waals surface area contributed by atoms with Gasteiger partial charge in [-0.25, -0.2) is 23.1 Å². The van der Waals surface area contributed by atoms with Crippen LogP contribution in [0.25, 0.3) is 0 Å². The number of nitrogens with zero attached hydrogens (tertiary/aromatic N) is 4. The van der Waals surface area contributed by atoms with E-state index in [-0.39, 0.29) is 23.1 Å². The highest BCUT2D eigenvalue weighted by atomic mass is 19.2. The maximum Gasteiger partial charge on any atom is 0.272 e. The molecule has 26 heavy (non-hydrogen) atoms. The molecule has 1 N–H and O–H groups in total. The van der Waals surface area contributed by atoms with Gasteiger partial charge in [-0.1, -0.05) is 0 Å². The van der Waals surface area contributed by atoms with Gasteiger partial charge in [0.2, 0.25) is 0 Å². The highest BCUT2D eigenvalue weighted by Gasteiger charge is 2.22. The van der Waals surface area contributed by atoms with Crippen LogP contribution in [0.15, 0.2) is 18.2 Å². The van der Waals surface area contributed by atoms with Crippen molar-refractivity contribution in [3.8, 4) is 0 Å². The predicted octanol–water partition coefficient (Wildman–Crippen LogP) is 2.33. The average molecular weight is 365 g/mol. The summed E-state index contributed by atoms with van der Waals surface area (Å²) in [5, 5.41) is 2.57. The van der Waals surface area contributed by atoms with E-state index in [1.807, 2.05) is 7.05 Å². The van der Waals surface area contributed by atoms with Gasteiger partial charge in [-0.05, 0) is 26.1 Å². The van der Waals surface area contributed by atoms with Crippen LogP contribution in [0.2, 0.25) is 0 Å². The Labute approximate surface area is 148 Å². The molecule has 1 saturated heterocycles. The number of halogens is 3. The molecular weight excluding hydrogens is 347 g/mol. The molecule has 1 aromatic carbocycles. The van der Waals surface area contributed by atoms with Crippen LogP contribution in [0.1, 0.15) is 16.3 Å². The number of piperazine rings is 1. The maximum absolute atomic E-state index is 13.8. The normalized spacial score (nSPS) is 15.2. The molecule has 0 spiro atoms. The van der Waals surface area contributed by atoms with Crippen molar-refractivity contribution in [2.75, 3.05) is 38.5 Å². The molecule has 0 bridgehead atoms. The third-order valence-corrected chi connectivity index (χ3v) is 4.15. The van der Waals surface area contributed by atoms with E-state index in [1.54, 1.807) is 11.8 Å². The maximum atomic E-state index is 13.8. The molecule has 0 atom stereocenters. The molecule has 0 aliphatic carbocycles. The fourth-order valence-electron chi connectivity index (χ4n) is 2.67. The summed E-state index contributed by atoms with van der Waals surface area (Å²) in [6.07, 6.45) is 0. The number of carbonyl (C=O) groups is 1. The number of aromatic nitrogens is 2. The monoisotopic (exact) mass is 365 g/mol. The Balaban J connectivity index is 1.84. The molecule has 0 radical (unpaired) electrons. The van der Waals surface area contributed by atoms with Crippen molar-refractivity contribution in [1.29, 1.82) is 0 Å². The van der Waals surface area contributed by atoms with Crippen molar-refractivity contribution in [2.24, 2.45) is 0 Å². The first-order valence-corrected chi connectivity index (χ1v) is 8.09. The van der Waals surface area contributed by atoms with Gasteiger partial charge in [0.15, 0.2) is 17.5 Å². The number of aryl methyl sites for hydroxylation is 1. The lowest BCUT2D eigenvalue weighted by Crippen LogP contribution is -2.47. The quantitative estimate of drug-likeness (QED) is 0.846. The zero-order chi connectivity index (χ0) is 18.8. The summed E-state index contributed by atoms with van der Waals surface area (Å²) >= 11 is 0. The van der Waals surface area contributed by atoms with E-state index in [1.165, 1.54) is 6.07 Å². The summed E-state index contributed by atoms with van der Waals surface area (Å²) in [4.78, 5) is 24.7. The Morgan fingerprint density at radius 3 is 2.46 bits per heavy atom. The highest BCUT2D eigenvalue weighted by Crippen LogP contribution is 2.23. The molecule has 1 amide bonds. The minimum absolute atomic E-state index is 0.125. The molecule has 1 fully saturated rings. The second-order valence-corrected chi connectivity index (χ2v) is 6.13. The zero-order valence-corrected chi connectivity index (χ0v) is 14.4. The zero-order valence-electron chi connectivity index (χ0n) is 14.4. The van der Waals surface area contributed by atoms with Crippen LogP contribution >= 0.6 is 0 Å². The van der Waals surface area contributed by atoms with Gasteiger partial charge in [-0.15, -0.1) is 0 Å². The van der Waals surface area contributed by atoms with Crippen molar-refractivity contribution < 1.29 is 18.0 Å². The molecule has 1 aliphatic rings. The molecule has 0 saturated carbocycles. The number of likely N-dealkylation sites (N-methyl/N-ethyl adjacent to an activating group) is 1. The van der Waals surface area contributed by atoms with Crippen LogP contribution in [0.5, 0.6) is 0 Å². The molecule has 0 unspecified atom stereocenters. The van der Waals surface area contributed by atoms with Gasteiger partial charge >= 0.3 is 0 Å². The second kappa shape index (κ2) is 7.28. The van der Waals surface area contributed by atoms with E-state index in [9.17, 15) is 18.0 Å². The molecule has 2 heterocycles. The first-order valence-electron chi connectivity index (χ1n) is 8.09. The molecule has 2 aromatic rings. The number of amides is 1. The summed E-state index contributed by atoms with van der Waals surface area (Å²) in [5.41, 5.74) is -0.118. The van der Waals surface area contributed by atoms with Gasteiger partial charge in [-0.2, -0.15) is 0 Å². The lowest BCUT2D eigenvalue weighted by atomic mass is 10.2. The van der Waals surface area contributed by atoms with Crippen molar-refractivity contribution in [3.63, 3.8) is 0 Å². The summed E-state index contributed by atoms with van der Waals surface area (Å²) in [5.74, 6) is -4.03. The number of hydrogen-bond acceptors (Lipinski definition) is 5. The molecule has 9 heteroatoms. The van der Waals surface area contributed by atoms with E-state index in [4.69, 9.17) is 0 Å². The van der Waals surface area contributed by atoms with Crippen LogP contribution in [0.3, 0.4) is 0 Å². The molecule has 1 aromatic heterocycles.